The minimum Gasteiger partial charge on any atom is -0.434 e. The molecule has 0 saturated heterocycles. The summed E-state index contributed by atoms with van der Waals surface area (Å²) in [7, 11) is -3.89. The van der Waals surface area contributed by atoms with E-state index in [0.717, 1.165) is 6.07 Å². The highest BCUT2D eigenvalue weighted by Crippen LogP contribution is 2.29. The average molecular weight is 456 g/mol. The molecule has 0 aliphatic rings. The molecule has 1 N–H and O–H groups in total. The molecule has 0 spiro atoms. The molecule has 0 atom stereocenters. The van der Waals surface area contributed by atoms with Gasteiger partial charge in [-0.15, -0.1) is 0 Å². The van der Waals surface area contributed by atoms with Crippen LogP contribution < -0.4 is 10.2 Å². The van der Waals surface area contributed by atoms with Crippen LogP contribution in [0.3, 0.4) is 0 Å². The number of hydrazone groups is 1. The molecule has 0 amide bonds. The van der Waals surface area contributed by atoms with E-state index in [1.807, 2.05) is 0 Å². The SMILES string of the molecule is CCN(CC)S(=O)(=O)c1ccc(N/N=C(\C)c2ccccc2OC(F)F)c([N+](=O)[O-])c1. The average Bonchev–Trinajstić information content (AvgIpc) is 2.72. The number of sulfonamides is 1. The summed E-state index contributed by atoms with van der Waals surface area (Å²) in [5.74, 6) is -0.101. The molecule has 0 aliphatic heterocycles. The number of hydrogen-bond donors (Lipinski definition) is 1. The molecule has 0 saturated carbocycles. The van der Waals surface area contributed by atoms with Gasteiger partial charge >= 0.3 is 6.61 Å². The summed E-state index contributed by atoms with van der Waals surface area (Å²) in [6.07, 6.45) is 0. The van der Waals surface area contributed by atoms with Crippen LogP contribution in [0.15, 0.2) is 52.5 Å². The van der Waals surface area contributed by atoms with E-state index in [4.69, 9.17) is 0 Å². The second-order valence-electron chi connectivity index (χ2n) is 6.21. The van der Waals surface area contributed by atoms with Gasteiger partial charge in [-0.1, -0.05) is 26.0 Å². The Labute approximate surface area is 178 Å². The van der Waals surface area contributed by atoms with Crippen molar-refractivity contribution in [2.24, 2.45) is 5.10 Å². The van der Waals surface area contributed by atoms with Crippen LogP contribution in [0.5, 0.6) is 5.75 Å². The monoisotopic (exact) mass is 456 g/mol. The predicted octanol–water partition coefficient (Wildman–Crippen LogP) is 4.06. The molecule has 31 heavy (non-hydrogen) atoms. The number of anilines is 1. The maximum Gasteiger partial charge on any atom is 0.387 e. The maximum absolute atomic E-state index is 12.6. The van der Waals surface area contributed by atoms with E-state index in [2.05, 4.69) is 15.3 Å². The minimum absolute atomic E-state index is 0.0601. The van der Waals surface area contributed by atoms with E-state index >= 15 is 0 Å². The zero-order valence-electron chi connectivity index (χ0n) is 17.1. The molecule has 0 aliphatic carbocycles. The second kappa shape index (κ2) is 10.3. The van der Waals surface area contributed by atoms with Crippen molar-refractivity contribution in [1.82, 2.24) is 4.31 Å². The van der Waals surface area contributed by atoms with Crippen LogP contribution >= 0.6 is 0 Å². The molecule has 2 aromatic rings. The first-order valence-corrected chi connectivity index (χ1v) is 10.7. The number of benzene rings is 2. The Bertz CT molecular complexity index is 1070. The lowest BCUT2D eigenvalue weighted by Gasteiger charge is -2.18. The number of para-hydroxylation sites is 1. The van der Waals surface area contributed by atoms with Crippen molar-refractivity contribution in [3.63, 3.8) is 0 Å². The molecule has 12 heteroatoms. The van der Waals surface area contributed by atoms with Gasteiger partial charge in [0, 0.05) is 24.7 Å². The Morgan fingerprint density at radius 3 is 2.45 bits per heavy atom. The van der Waals surface area contributed by atoms with Crippen molar-refractivity contribution in [3.05, 3.63) is 58.1 Å². The number of alkyl halides is 2. The number of halogens is 2. The second-order valence-corrected chi connectivity index (χ2v) is 8.15. The molecule has 0 fully saturated rings. The molecule has 2 rings (SSSR count). The summed E-state index contributed by atoms with van der Waals surface area (Å²) in [4.78, 5) is 10.6. The largest absolute Gasteiger partial charge is 0.434 e. The fraction of sp³-hybridized carbons (Fsp3) is 0.316. The van der Waals surface area contributed by atoms with Gasteiger partial charge in [0.1, 0.15) is 11.4 Å². The van der Waals surface area contributed by atoms with Gasteiger partial charge in [-0.05, 0) is 31.2 Å². The normalized spacial score (nSPS) is 12.3. The fourth-order valence-corrected chi connectivity index (χ4v) is 4.28. The number of nitro groups is 1. The molecule has 0 unspecified atom stereocenters. The summed E-state index contributed by atoms with van der Waals surface area (Å²) in [6, 6.07) is 9.38. The highest BCUT2D eigenvalue weighted by atomic mass is 32.2. The molecule has 168 valence electrons. The summed E-state index contributed by atoms with van der Waals surface area (Å²) in [6.45, 7) is 2.25. The van der Waals surface area contributed by atoms with Crippen molar-refractivity contribution < 1.29 is 26.9 Å². The van der Waals surface area contributed by atoms with Crippen molar-refractivity contribution in [2.45, 2.75) is 32.3 Å². The van der Waals surface area contributed by atoms with Crippen LogP contribution in [-0.4, -0.2) is 43.1 Å². The summed E-state index contributed by atoms with van der Waals surface area (Å²) in [5.41, 5.74) is 2.44. The van der Waals surface area contributed by atoms with Gasteiger partial charge in [0.25, 0.3) is 5.69 Å². The lowest BCUT2D eigenvalue weighted by Crippen LogP contribution is -2.30. The van der Waals surface area contributed by atoms with E-state index < -0.39 is 27.2 Å². The van der Waals surface area contributed by atoms with Crippen molar-refractivity contribution in [2.75, 3.05) is 18.5 Å². The lowest BCUT2D eigenvalue weighted by molar-refractivity contribution is -0.384. The van der Waals surface area contributed by atoms with Gasteiger partial charge in [0.05, 0.1) is 15.5 Å². The van der Waals surface area contributed by atoms with Gasteiger partial charge in [0.2, 0.25) is 10.0 Å². The molecule has 0 radical (unpaired) electrons. The van der Waals surface area contributed by atoms with Gasteiger partial charge in [-0.3, -0.25) is 15.5 Å². The first-order chi connectivity index (χ1) is 14.6. The first kappa shape index (κ1) is 24.2. The molecule has 2 aromatic carbocycles. The summed E-state index contributed by atoms with van der Waals surface area (Å²) in [5, 5.41) is 15.5. The quantitative estimate of drug-likeness (QED) is 0.328. The third-order valence-corrected chi connectivity index (χ3v) is 6.39. The van der Waals surface area contributed by atoms with Gasteiger partial charge in [0.15, 0.2) is 0 Å². The van der Waals surface area contributed by atoms with E-state index in [1.165, 1.54) is 41.6 Å². The van der Waals surface area contributed by atoms with Crippen LogP contribution in [0.1, 0.15) is 26.3 Å². The van der Waals surface area contributed by atoms with Crippen LogP contribution in [0.25, 0.3) is 0 Å². The Kier molecular flexibility index (Phi) is 8.00. The molecule has 0 heterocycles. The summed E-state index contributed by atoms with van der Waals surface area (Å²) < 4.78 is 56.1. The maximum atomic E-state index is 12.6. The zero-order chi connectivity index (χ0) is 23.2. The topological polar surface area (TPSA) is 114 Å². The Morgan fingerprint density at radius 1 is 1.23 bits per heavy atom. The van der Waals surface area contributed by atoms with Gasteiger partial charge in [-0.2, -0.15) is 18.2 Å². The van der Waals surface area contributed by atoms with Crippen molar-refractivity contribution in [1.29, 1.82) is 0 Å². The standard InChI is InChI=1S/C19H22F2N4O5S/c1-4-24(5-2)31(28,29)14-10-11-16(17(12-14)25(26)27)23-22-13(3)15-8-6-7-9-18(15)30-19(20)21/h6-12,19,23H,4-5H2,1-3H3/b22-13+. The van der Waals surface area contributed by atoms with Crippen LogP contribution in [0, 0.1) is 10.1 Å². The number of ether oxygens (including phenoxy) is 1. The van der Waals surface area contributed by atoms with Crippen LogP contribution in [0.4, 0.5) is 20.2 Å². The third-order valence-electron chi connectivity index (χ3n) is 4.35. The highest BCUT2D eigenvalue weighted by molar-refractivity contribution is 7.89. The molecule has 0 aromatic heterocycles. The van der Waals surface area contributed by atoms with E-state index in [9.17, 15) is 27.3 Å². The molecular formula is C19H22F2N4O5S. The molecule has 0 bridgehead atoms. The Hall–Kier alpha value is -3.12. The Balaban J connectivity index is 2.39. The van der Waals surface area contributed by atoms with Gasteiger partial charge in [-0.25, -0.2) is 8.42 Å². The smallest absolute Gasteiger partial charge is 0.387 e. The van der Waals surface area contributed by atoms with Gasteiger partial charge < -0.3 is 4.74 Å². The zero-order valence-corrected chi connectivity index (χ0v) is 17.9. The number of nitrogens with zero attached hydrogens (tertiary/aromatic N) is 3. The molecule has 9 nitrogen and oxygen atoms in total. The predicted molar refractivity (Wildman–Crippen MR) is 112 cm³/mol. The number of nitro benzene ring substituents is 1. The van der Waals surface area contributed by atoms with E-state index in [-0.39, 0.29) is 40.7 Å². The molecular weight excluding hydrogens is 434 g/mol. The third kappa shape index (κ3) is 5.73. The lowest BCUT2D eigenvalue weighted by atomic mass is 10.1. The van der Waals surface area contributed by atoms with Crippen molar-refractivity contribution in [3.8, 4) is 5.75 Å². The van der Waals surface area contributed by atoms with Crippen molar-refractivity contribution >= 4 is 27.1 Å². The van der Waals surface area contributed by atoms with E-state index in [1.54, 1.807) is 19.9 Å². The fourth-order valence-electron chi connectivity index (χ4n) is 2.80. The van der Waals surface area contributed by atoms with Crippen LogP contribution in [-0.2, 0) is 10.0 Å². The Morgan fingerprint density at radius 2 is 1.87 bits per heavy atom. The minimum atomic E-state index is -3.89. The summed E-state index contributed by atoms with van der Waals surface area (Å²) >= 11 is 0. The highest BCUT2D eigenvalue weighted by Gasteiger charge is 2.25. The number of hydrogen-bond acceptors (Lipinski definition) is 7. The van der Waals surface area contributed by atoms with Crippen LogP contribution in [0.2, 0.25) is 0 Å². The number of nitrogens with one attached hydrogen (secondary N) is 1. The first-order valence-electron chi connectivity index (χ1n) is 9.24. The van der Waals surface area contributed by atoms with E-state index in [0.29, 0.717) is 0 Å². The number of rotatable bonds is 10.